The predicted octanol–water partition coefficient (Wildman–Crippen LogP) is 1.47. The number of rotatable bonds is 5. The molecule has 0 amide bonds. The summed E-state index contributed by atoms with van der Waals surface area (Å²) in [5, 5.41) is 13.0. The highest BCUT2D eigenvalue weighted by Crippen LogP contribution is 2.26. The van der Waals surface area contributed by atoms with Gasteiger partial charge in [-0.3, -0.25) is 10.1 Å². The first-order valence-electron chi connectivity index (χ1n) is 4.47. The average molecular weight is 232 g/mol. The molecule has 0 fully saturated rings. The van der Waals surface area contributed by atoms with Crippen LogP contribution in [-0.2, 0) is 0 Å². The van der Waals surface area contributed by atoms with E-state index >= 15 is 0 Å². The van der Waals surface area contributed by atoms with Gasteiger partial charge in [0.25, 0.3) is 5.69 Å². The van der Waals surface area contributed by atoms with Crippen LogP contribution in [0, 0.1) is 21.7 Å². The molecule has 0 heterocycles. The Morgan fingerprint density at radius 3 is 2.44 bits per heavy atom. The standard InChI is InChI=1S/C9H10F2N2O3/c1-12-2-3-16-9-7(10)4-6(13(14)15)5-8(9)11/h4-5,12H,2-3H2,1H3. The van der Waals surface area contributed by atoms with Gasteiger partial charge in [0.2, 0.25) is 0 Å². The van der Waals surface area contributed by atoms with Crippen LogP contribution >= 0.6 is 0 Å². The van der Waals surface area contributed by atoms with Crippen LogP contribution in [0.2, 0.25) is 0 Å². The third-order valence-electron chi connectivity index (χ3n) is 1.79. The van der Waals surface area contributed by atoms with Gasteiger partial charge in [-0.05, 0) is 7.05 Å². The first kappa shape index (κ1) is 12.3. The van der Waals surface area contributed by atoms with E-state index in [0.717, 1.165) is 0 Å². The normalized spacial score (nSPS) is 10.2. The highest BCUT2D eigenvalue weighted by molar-refractivity contribution is 5.39. The van der Waals surface area contributed by atoms with Gasteiger partial charge in [0, 0.05) is 6.54 Å². The van der Waals surface area contributed by atoms with E-state index in [1.54, 1.807) is 7.05 Å². The summed E-state index contributed by atoms with van der Waals surface area (Å²) in [4.78, 5) is 9.43. The molecule has 1 N–H and O–H groups in total. The number of benzene rings is 1. The minimum Gasteiger partial charge on any atom is -0.486 e. The molecule has 0 radical (unpaired) electrons. The lowest BCUT2D eigenvalue weighted by atomic mass is 10.3. The lowest BCUT2D eigenvalue weighted by Crippen LogP contribution is -2.16. The average Bonchev–Trinajstić information content (AvgIpc) is 2.21. The molecular formula is C9H10F2N2O3. The fourth-order valence-corrected chi connectivity index (χ4v) is 1.04. The van der Waals surface area contributed by atoms with Crippen LogP contribution < -0.4 is 10.1 Å². The Labute approximate surface area is 90.2 Å². The molecule has 0 atom stereocenters. The van der Waals surface area contributed by atoms with Crippen molar-refractivity contribution in [3.05, 3.63) is 33.9 Å². The highest BCUT2D eigenvalue weighted by Gasteiger charge is 2.17. The van der Waals surface area contributed by atoms with Crippen molar-refractivity contribution in [2.45, 2.75) is 0 Å². The molecule has 0 aromatic heterocycles. The highest BCUT2D eigenvalue weighted by atomic mass is 19.1. The minimum atomic E-state index is -1.08. The van der Waals surface area contributed by atoms with Crippen molar-refractivity contribution in [2.24, 2.45) is 0 Å². The lowest BCUT2D eigenvalue weighted by Gasteiger charge is -2.07. The summed E-state index contributed by atoms with van der Waals surface area (Å²) in [6.45, 7) is 0.484. The zero-order valence-electron chi connectivity index (χ0n) is 8.50. The van der Waals surface area contributed by atoms with Crippen LogP contribution in [0.3, 0.4) is 0 Å². The second kappa shape index (κ2) is 5.36. The van der Waals surface area contributed by atoms with Crippen molar-refractivity contribution in [3.63, 3.8) is 0 Å². The fraction of sp³-hybridized carbons (Fsp3) is 0.333. The number of nitrogens with zero attached hydrogens (tertiary/aromatic N) is 1. The summed E-state index contributed by atoms with van der Waals surface area (Å²) < 4.78 is 31.2. The molecule has 0 bridgehead atoms. The maximum atomic E-state index is 13.2. The summed E-state index contributed by atoms with van der Waals surface area (Å²) in [6.07, 6.45) is 0. The quantitative estimate of drug-likeness (QED) is 0.474. The first-order chi connectivity index (χ1) is 7.56. The molecule has 0 aliphatic rings. The Hall–Kier alpha value is -1.76. The Morgan fingerprint density at radius 1 is 1.44 bits per heavy atom. The number of hydrogen-bond acceptors (Lipinski definition) is 4. The van der Waals surface area contributed by atoms with Gasteiger partial charge in [-0.2, -0.15) is 0 Å². The molecule has 88 valence electrons. The number of nitro groups is 1. The van der Waals surface area contributed by atoms with E-state index in [-0.39, 0.29) is 6.61 Å². The third-order valence-corrected chi connectivity index (χ3v) is 1.79. The number of hydrogen-bond donors (Lipinski definition) is 1. The van der Waals surface area contributed by atoms with Crippen LogP contribution in [-0.4, -0.2) is 25.1 Å². The molecule has 1 aromatic rings. The first-order valence-corrected chi connectivity index (χ1v) is 4.47. The maximum Gasteiger partial charge on any atom is 0.275 e. The van der Waals surface area contributed by atoms with Crippen molar-refractivity contribution < 1.29 is 18.4 Å². The van der Waals surface area contributed by atoms with E-state index < -0.39 is 28.0 Å². The van der Waals surface area contributed by atoms with Crippen LogP contribution in [0.5, 0.6) is 5.75 Å². The van der Waals surface area contributed by atoms with Gasteiger partial charge in [0.15, 0.2) is 17.4 Å². The van der Waals surface area contributed by atoms with Gasteiger partial charge >= 0.3 is 0 Å². The number of nitrogens with one attached hydrogen (secondary N) is 1. The molecule has 16 heavy (non-hydrogen) atoms. The Bertz CT molecular complexity index is 375. The molecule has 0 saturated carbocycles. The Morgan fingerprint density at radius 2 is 2.00 bits per heavy atom. The van der Waals surface area contributed by atoms with Gasteiger partial charge in [-0.25, -0.2) is 8.78 Å². The molecule has 1 rings (SSSR count). The number of likely N-dealkylation sites (N-methyl/N-ethyl adjacent to an activating group) is 1. The van der Waals surface area contributed by atoms with Gasteiger partial charge in [-0.1, -0.05) is 0 Å². The van der Waals surface area contributed by atoms with Crippen molar-refractivity contribution in [3.8, 4) is 5.75 Å². The van der Waals surface area contributed by atoms with Crippen molar-refractivity contribution in [2.75, 3.05) is 20.2 Å². The van der Waals surface area contributed by atoms with Crippen LogP contribution in [0.15, 0.2) is 12.1 Å². The fourth-order valence-electron chi connectivity index (χ4n) is 1.04. The molecule has 0 aliphatic carbocycles. The lowest BCUT2D eigenvalue weighted by molar-refractivity contribution is -0.385. The molecule has 0 aliphatic heterocycles. The van der Waals surface area contributed by atoms with Crippen molar-refractivity contribution >= 4 is 5.69 Å². The predicted molar refractivity (Wildman–Crippen MR) is 52.4 cm³/mol. The van der Waals surface area contributed by atoms with E-state index in [0.29, 0.717) is 18.7 Å². The summed E-state index contributed by atoms with van der Waals surface area (Å²) >= 11 is 0. The van der Waals surface area contributed by atoms with E-state index in [9.17, 15) is 18.9 Å². The van der Waals surface area contributed by atoms with E-state index in [1.807, 2.05) is 0 Å². The zero-order valence-corrected chi connectivity index (χ0v) is 8.50. The Balaban J connectivity index is 2.89. The van der Waals surface area contributed by atoms with Crippen LogP contribution in [0.4, 0.5) is 14.5 Å². The summed E-state index contributed by atoms with van der Waals surface area (Å²) in [5.74, 6) is -2.76. The smallest absolute Gasteiger partial charge is 0.275 e. The Kier molecular flexibility index (Phi) is 4.12. The molecule has 0 saturated heterocycles. The van der Waals surface area contributed by atoms with E-state index in [1.165, 1.54) is 0 Å². The summed E-state index contributed by atoms with van der Waals surface area (Å²) in [7, 11) is 1.66. The molecule has 7 heteroatoms. The molecular weight excluding hydrogens is 222 g/mol. The van der Waals surface area contributed by atoms with Crippen molar-refractivity contribution in [1.29, 1.82) is 0 Å². The van der Waals surface area contributed by atoms with Gasteiger partial charge in [-0.15, -0.1) is 0 Å². The number of halogens is 2. The van der Waals surface area contributed by atoms with Gasteiger partial charge in [0.05, 0.1) is 17.1 Å². The SMILES string of the molecule is CNCCOc1c(F)cc([N+](=O)[O-])cc1F. The summed E-state index contributed by atoms with van der Waals surface area (Å²) in [5.41, 5.74) is -0.643. The second-order valence-electron chi connectivity index (χ2n) is 2.95. The van der Waals surface area contributed by atoms with E-state index in [2.05, 4.69) is 5.32 Å². The van der Waals surface area contributed by atoms with E-state index in [4.69, 9.17) is 4.74 Å². The molecule has 0 unspecified atom stereocenters. The van der Waals surface area contributed by atoms with Gasteiger partial charge < -0.3 is 10.1 Å². The summed E-state index contributed by atoms with van der Waals surface area (Å²) in [6, 6.07) is 1.25. The maximum absolute atomic E-state index is 13.2. The number of nitro benzene ring substituents is 1. The topological polar surface area (TPSA) is 64.4 Å². The monoisotopic (exact) mass is 232 g/mol. The third kappa shape index (κ3) is 2.86. The van der Waals surface area contributed by atoms with Crippen LogP contribution in [0.25, 0.3) is 0 Å². The van der Waals surface area contributed by atoms with Gasteiger partial charge in [0.1, 0.15) is 6.61 Å². The largest absolute Gasteiger partial charge is 0.486 e. The zero-order chi connectivity index (χ0) is 12.1. The number of ether oxygens (including phenoxy) is 1. The van der Waals surface area contributed by atoms with Crippen molar-refractivity contribution in [1.82, 2.24) is 5.32 Å². The second-order valence-corrected chi connectivity index (χ2v) is 2.95. The van der Waals surface area contributed by atoms with Crippen LogP contribution in [0.1, 0.15) is 0 Å². The number of non-ortho nitro benzene ring substituents is 1. The molecule has 1 aromatic carbocycles. The molecule has 5 nitrogen and oxygen atoms in total. The minimum absolute atomic E-state index is 0.0716. The molecule has 0 spiro atoms.